The molecule has 0 amide bonds. The van der Waals surface area contributed by atoms with Crippen molar-refractivity contribution < 1.29 is 9.84 Å². The Hall–Kier alpha value is -2.73. The topological polar surface area (TPSA) is 48.0 Å². The minimum absolute atomic E-state index is 0.297. The Morgan fingerprint density at radius 1 is 1.04 bits per heavy atom. The van der Waals surface area contributed by atoms with Crippen LogP contribution in [0.25, 0.3) is 5.57 Å². The Kier molecular flexibility index (Phi) is 5.67. The zero-order chi connectivity index (χ0) is 19.3. The minimum Gasteiger partial charge on any atom is -0.508 e. The number of phenolic OH excluding ortho intramolecular Hbond substituents is 1. The Morgan fingerprint density at radius 3 is 2.57 bits per heavy atom. The van der Waals surface area contributed by atoms with Gasteiger partial charge in [-0.15, -0.1) is 0 Å². The van der Waals surface area contributed by atoms with Gasteiger partial charge in [-0.3, -0.25) is 0 Å². The number of aromatic hydroxyl groups is 1. The first-order valence-electron chi connectivity index (χ1n) is 9.71. The van der Waals surface area contributed by atoms with Gasteiger partial charge in [-0.2, -0.15) is 0 Å². The van der Waals surface area contributed by atoms with Crippen molar-refractivity contribution >= 4 is 28.6 Å². The number of para-hydroxylation sites is 1. The molecule has 0 spiro atoms. The molecule has 0 atom stereocenters. The van der Waals surface area contributed by atoms with Gasteiger partial charge in [0.2, 0.25) is 0 Å². The molecule has 0 aromatic heterocycles. The molecular weight excluding hydrogens is 370 g/mol. The average Bonchev–Trinajstić information content (AvgIpc) is 2.95. The summed E-state index contributed by atoms with van der Waals surface area (Å²) in [7, 11) is 0. The van der Waals surface area contributed by atoms with Gasteiger partial charge in [0.1, 0.15) is 11.5 Å². The number of rotatable bonds is 2. The van der Waals surface area contributed by atoms with Gasteiger partial charge in [-0.25, -0.2) is 0 Å². The molecule has 2 aliphatic rings. The monoisotopic (exact) mass is 395 g/mol. The van der Waals surface area contributed by atoms with E-state index < -0.39 is 0 Å². The molecule has 2 aromatic carbocycles. The zero-order valence-corrected chi connectivity index (χ0v) is 16.6. The standard InChI is InChI=1S/C22H25N3O2S/c26-19-9-7-18(8-10-19)24-11-13-25(14-12-24)22(28)23-16-17-4-3-15-27-21-6-2-1-5-20(17)21/h1-2,5-10,16,26H,3-4,11-15H2,(H,23,28)/b17-16-. The third-order valence-electron chi connectivity index (χ3n) is 5.23. The molecule has 0 saturated carbocycles. The third kappa shape index (κ3) is 4.22. The number of nitrogens with one attached hydrogen (secondary N) is 1. The largest absolute Gasteiger partial charge is 0.508 e. The number of ether oxygens (including phenoxy) is 1. The fourth-order valence-electron chi connectivity index (χ4n) is 3.66. The van der Waals surface area contributed by atoms with Crippen molar-refractivity contribution in [2.24, 2.45) is 0 Å². The lowest BCUT2D eigenvalue weighted by molar-refractivity contribution is 0.318. The van der Waals surface area contributed by atoms with Crippen LogP contribution in [0.1, 0.15) is 18.4 Å². The van der Waals surface area contributed by atoms with Crippen molar-refractivity contribution in [3.8, 4) is 11.5 Å². The molecule has 0 unspecified atom stereocenters. The molecule has 146 valence electrons. The van der Waals surface area contributed by atoms with Gasteiger partial charge in [0.25, 0.3) is 0 Å². The van der Waals surface area contributed by atoms with Crippen LogP contribution in [0, 0.1) is 0 Å². The Balaban J connectivity index is 1.36. The maximum Gasteiger partial charge on any atom is 0.173 e. The summed E-state index contributed by atoms with van der Waals surface area (Å²) < 4.78 is 5.83. The number of nitrogens with zero attached hydrogens (tertiary/aromatic N) is 2. The number of allylic oxidation sites excluding steroid dienone is 1. The summed E-state index contributed by atoms with van der Waals surface area (Å²) in [5, 5.41) is 13.6. The number of fused-ring (bicyclic) bond motifs is 1. The molecule has 28 heavy (non-hydrogen) atoms. The van der Waals surface area contributed by atoms with Gasteiger partial charge < -0.3 is 25.0 Å². The summed E-state index contributed by atoms with van der Waals surface area (Å²) in [6, 6.07) is 15.6. The molecule has 2 N–H and O–H groups in total. The van der Waals surface area contributed by atoms with E-state index in [0.717, 1.165) is 67.7 Å². The normalized spacial score (nSPS) is 18.2. The summed E-state index contributed by atoms with van der Waals surface area (Å²) in [6.45, 7) is 4.29. The second-order valence-electron chi connectivity index (χ2n) is 7.06. The lowest BCUT2D eigenvalue weighted by Gasteiger charge is -2.37. The number of anilines is 1. The predicted molar refractivity (Wildman–Crippen MR) is 117 cm³/mol. The number of hydrogen-bond acceptors (Lipinski definition) is 4. The van der Waals surface area contributed by atoms with Crippen molar-refractivity contribution in [2.45, 2.75) is 12.8 Å². The zero-order valence-electron chi connectivity index (χ0n) is 15.8. The van der Waals surface area contributed by atoms with Crippen LogP contribution in [0.4, 0.5) is 5.69 Å². The summed E-state index contributed by atoms with van der Waals surface area (Å²) in [5.74, 6) is 1.24. The van der Waals surface area contributed by atoms with Gasteiger partial charge in [-0.1, -0.05) is 18.2 Å². The average molecular weight is 396 g/mol. The van der Waals surface area contributed by atoms with Crippen LogP contribution in [0.2, 0.25) is 0 Å². The molecule has 1 fully saturated rings. The third-order valence-corrected chi connectivity index (χ3v) is 5.61. The molecule has 0 radical (unpaired) electrons. The van der Waals surface area contributed by atoms with E-state index in [1.807, 2.05) is 36.5 Å². The highest BCUT2D eigenvalue weighted by Gasteiger charge is 2.19. The molecule has 5 nitrogen and oxygen atoms in total. The highest BCUT2D eigenvalue weighted by atomic mass is 32.1. The van der Waals surface area contributed by atoms with Crippen molar-refractivity contribution in [1.29, 1.82) is 0 Å². The van der Waals surface area contributed by atoms with E-state index in [4.69, 9.17) is 17.0 Å². The van der Waals surface area contributed by atoms with Crippen molar-refractivity contribution in [2.75, 3.05) is 37.7 Å². The van der Waals surface area contributed by atoms with Crippen molar-refractivity contribution in [3.63, 3.8) is 0 Å². The van der Waals surface area contributed by atoms with E-state index in [-0.39, 0.29) is 0 Å². The van der Waals surface area contributed by atoms with Crippen LogP contribution < -0.4 is 15.0 Å². The van der Waals surface area contributed by atoms with E-state index in [0.29, 0.717) is 5.75 Å². The summed E-state index contributed by atoms with van der Waals surface area (Å²) >= 11 is 5.63. The van der Waals surface area contributed by atoms with Crippen LogP contribution in [-0.4, -0.2) is 47.9 Å². The Labute approximate surface area is 171 Å². The van der Waals surface area contributed by atoms with Gasteiger partial charge in [0.05, 0.1) is 6.61 Å². The van der Waals surface area contributed by atoms with Crippen molar-refractivity contribution in [3.05, 3.63) is 60.3 Å². The second-order valence-corrected chi connectivity index (χ2v) is 7.44. The smallest absolute Gasteiger partial charge is 0.173 e. The van der Waals surface area contributed by atoms with Crippen LogP contribution in [0.5, 0.6) is 11.5 Å². The van der Waals surface area contributed by atoms with Gasteiger partial charge >= 0.3 is 0 Å². The van der Waals surface area contributed by atoms with Gasteiger partial charge in [0, 0.05) is 43.6 Å². The first kappa shape index (κ1) is 18.6. The number of phenols is 1. The first-order valence-corrected chi connectivity index (χ1v) is 10.1. The van der Waals surface area contributed by atoms with Crippen LogP contribution >= 0.6 is 12.2 Å². The minimum atomic E-state index is 0.297. The maximum atomic E-state index is 9.45. The second kappa shape index (κ2) is 8.52. The predicted octanol–water partition coefficient (Wildman–Crippen LogP) is 3.60. The van der Waals surface area contributed by atoms with E-state index in [1.165, 1.54) is 5.57 Å². The van der Waals surface area contributed by atoms with E-state index in [9.17, 15) is 5.11 Å². The first-order chi connectivity index (χ1) is 13.7. The van der Waals surface area contributed by atoms with Crippen LogP contribution in [0.3, 0.4) is 0 Å². The molecule has 0 bridgehead atoms. The highest BCUT2D eigenvalue weighted by Crippen LogP contribution is 2.31. The molecular formula is C22H25N3O2S. The van der Waals surface area contributed by atoms with Crippen LogP contribution in [0.15, 0.2) is 54.7 Å². The van der Waals surface area contributed by atoms with Crippen LogP contribution in [-0.2, 0) is 0 Å². The Morgan fingerprint density at radius 2 is 1.79 bits per heavy atom. The van der Waals surface area contributed by atoms with Gasteiger partial charge in [-0.05, 0) is 61.0 Å². The quantitative estimate of drug-likeness (QED) is 0.758. The van der Waals surface area contributed by atoms with Gasteiger partial charge in [0.15, 0.2) is 5.11 Å². The van der Waals surface area contributed by atoms with E-state index in [1.54, 1.807) is 12.1 Å². The molecule has 2 heterocycles. The maximum absolute atomic E-state index is 9.45. The fourth-order valence-corrected chi connectivity index (χ4v) is 3.90. The Bertz CT molecular complexity index is 858. The molecule has 0 aliphatic carbocycles. The summed E-state index contributed by atoms with van der Waals surface area (Å²) in [4.78, 5) is 4.53. The number of benzene rings is 2. The molecule has 6 heteroatoms. The lowest BCUT2D eigenvalue weighted by atomic mass is 10.0. The van der Waals surface area contributed by atoms with E-state index in [2.05, 4.69) is 21.2 Å². The number of piperazine rings is 1. The SMILES string of the molecule is Oc1ccc(N2CCN(C(=S)N/C=C3/CCCOc4ccccc43)CC2)cc1. The van der Waals surface area contributed by atoms with Crippen molar-refractivity contribution in [1.82, 2.24) is 10.2 Å². The fraction of sp³-hybridized carbons (Fsp3) is 0.318. The summed E-state index contributed by atoms with van der Waals surface area (Å²) in [5.41, 5.74) is 3.51. The molecule has 4 rings (SSSR count). The lowest BCUT2D eigenvalue weighted by Crippen LogP contribution is -2.51. The highest BCUT2D eigenvalue weighted by molar-refractivity contribution is 7.80. The summed E-state index contributed by atoms with van der Waals surface area (Å²) in [6.07, 6.45) is 4.02. The van der Waals surface area contributed by atoms with E-state index >= 15 is 0 Å². The molecule has 2 aromatic rings. The molecule has 1 saturated heterocycles. The molecule has 2 aliphatic heterocycles. The number of hydrogen-bond donors (Lipinski definition) is 2. The number of thiocarbonyl (C=S) groups is 1.